The largest absolute Gasteiger partial charge is 0.673 e. The Labute approximate surface area is 81.1 Å². The summed E-state index contributed by atoms with van der Waals surface area (Å²) in [7, 11) is -6.00. The minimum absolute atomic E-state index is 0.165. The van der Waals surface area contributed by atoms with E-state index in [1.165, 1.54) is 0 Å². The normalized spacial score (nSPS) is 27.9. The predicted molar refractivity (Wildman–Crippen MR) is 46.5 cm³/mol. The van der Waals surface area contributed by atoms with Gasteiger partial charge in [0.2, 0.25) is 0 Å². The van der Waals surface area contributed by atoms with Crippen LogP contribution in [0.25, 0.3) is 0 Å². The molecule has 0 aromatic carbocycles. The van der Waals surface area contributed by atoms with Crippen molar-refractivity contribution >= 4 is 7.25 Å². The third-order valence-corrected chi connectivity index (χ3v) is 2.10. The molecule has 0 spiro atoms. The summed E-state index contributed by atoms with van der Waals surface area (Å²) in [5, 5.41) is 2.33. The van der Waals surface area contributed by atoms with E-state index in [0.717, 1.165) is 26.1 Å². The Kier molecular flexibility index (Phi) is 5.44. The molecular formula is C7H16BF4NO. The van der Waals surface area contributed by atoms with Gasteiger partial charge in [-0.3, -0.25) is 0 Å². The maximum absolute atomic E-state index is 9.75. The Hall–Kier alpha value is -0.295. The second kappa shape index (κ2) is 5.55. The molecule has 14 heavy (non-hydrogen) atoms. The molecule has 1 saturated heterocycles. The van der Waals surface area contributed by atoms with E-state index in [9.17, 15) is 17.3 Å². The Balaban J connectivity index is 0.000000292. The second-order valence-electron chi connectivity index (χ2n) is 3.43. The van der Waals surface area contributed by atoms with Crippen molar-refractivity contribution in [3.8, 4) is 0 Å². The Morgan fingerprint density at radius 3 is 2.07 bits per heavy atom. The van der Waals surface area contributed by atoms with Crippen molar-refractivity contribution in [2.24, 2.45) is 0 Å². The molecule has 0 bridgehead atoms. The second-order valence-corrected chi connectivity index (χ2v) is 3.43. The highest BCUT2D eigenvalue weighted by molar-refractivity contribution is 6.50. The lowest BCUT2D eigenvalue weighted by molar-refractivity contribution is -0.685. The third kappa shape index (κ3) is 8.31. The van der Waals surface area contributed by atoms with Crippen molar-refractivity contribution in [3.63, 3.8) is 0 Å². The van der Waals surface area contributed by atoms with Crippen molar-refractivity contribution in [2.75, 3.05) is 19.7 Å². The molecule has 1 rings (SSSR count). The fraction of sp³-hybridized carbons (Fsp3) is 1.00. The van der Waals surface area contributed by atoms with E-state index in [1.807, 2.05) is 0 Å². The van der Waals surface area contributed by atoms with Crippen LogP contribution in [0.2, 0.25) is 0 Å². The first-order chi connectivity index (χ1) is 6.27. The van der Waals surface area contributed by atoms with Gasteiger partial charge in [-0.2, -0.15) is 0 Å². The summed E-state index contributed by atoms with van der Waals surface area (Å²) < 4.78 is 44.6. The summed E-state index contributed by atoms with van der Waals surface area (Å²) in [5.74, 6) is 0. The van der Waals surface area contributed by atoms with Crippen LogP contribution in [0.15, 0.2) is 0 Å². The van der Waals surface area contributed by atoms with Crippen LogP contribution in [0.3, 0.4) is 0 Å². The average molecular weight is 217 g/mol. The van der Waals surface area contributed by atoms with Gasteiger partial charge in [-0.25, -0.2) is 0 Å². The fourth-order valence-corrected chi connectivity index (χ4v) is 1.10. The van der Waals surface area contributed by atoms with E-state index in [0.29, 0.717) is 0 Å². The van der Waals surface area contributed by atoms with E-state index in [-0.39, 0.29) is 5.60 Å². The summed E-state index contributed by atoms with van der Waals surface area (Å²) >= 11 is 0. The molecule has 0 radical (unpaired) electrons. The molecule has 86 valence electrons. The van der Waals surface area contributed by atoms with Crippen LogP contribution in [-0.4, -0.2) is 32.6 Å². The average Bonchev–Trinajstić information content (AvgIpc) is 2.03. The molecule has 1 atom stereocenters. The standard InChI is InChI=1S/C7H15NO.BF4/c1-3-7(2)6-8-4-5-9-7;2-1(3,4)5/h8H,3-6H2,1-2H3;/q;-1/p+1. The van der Waals surface area contributed by atoms with Crippen molar-refractivity contribution < 1.29 is 27.3 Å². The molecule has 0 amide bonds. The molecule has 2 N–H and O–H groups in total. The first-order valence-corrected chi connectivity index (χ1v) is 4.60. The van der Waals surface area contributed by atoms with E-state index < -0.39 is 7.25 Å². The molecule has 1 aliphatic rings. The van der Waals surface area contributed by atoms with Gasteiger partial charge in [0, 0.05) is 0 Å². The fourth-order valence-electron chi connectivity index (χ4n) is 1.10. The number of rotatable bonds is 1. The number of hydrogen-bond donors (Lipinski definition) is 1. The summed E-state index contributed by atoms with van der Waals surface area (Å²) in [6.07, 6.45) is 1.13. The smallest absolute Gasteiger partial charge is 0.418 e. The van der Waals surface area contributed by atoms with Crippen LogP contribution in [-0.2, 0) is 4.74 Å². The van der Waals surface area contributed by atoms with Gasteiger partial charge in [0.15, 0.2) is 0 Å². The Morgan fingerprint density at radius 1 is 1.36 bits per heavy atom. The minimum Gasteiger partial charge on any atom is -0.418 e. The van der Waals surface area contributed by atoms with Crippen molar-refractivity contribution in [1.29, 1.82) is 0 Å². The van der Waals surface area contributed by atoms with E-state index in [1.54, 1.807) is 0 Å². The van der Waals surface area contributed by atoms with Gasteiger partial charge >= 0.3 is 7.25 Å². The van der Waals surface area contributed by atoms with Gasteiger partial charge in [-0.1, -0.05) is 6.92 Å². The van der Waals surface area contributed by atoms with Crippen LogP contribution < -0.4 is 5.32 Å². The molecular weight excluding hydrogens is 201 g/mol. The molecule has 1 heterocycles. The first-order valence-electron chi connectivity index (χ1n) is 4.60. The quantitative estimate of drug-likeness (QED) is 0.515. The van der Waals surface area contributed by atoms with E-state index in [2.05, 4.69) is 19.2 Å². The first kappa shape index (κ1) is 13.7. The zero-order valence-electron chi connectivity index (χ0n) is 8.40. The van der Waals surface area contributed by atoms with Gasteiger partial charge in [0.25, 0.3) is 0 Å². The summed E-state index contributed by atoms with van der Waals surface area (Å²) in [6, 6.07) is 0. The molecule has 1 unspecified atom stereocenters. The lowest BCUT2D eigenvalue weighted by atomic mass is 10.0. The van der Waals surface area contributed by atoms with Crippen molar-refractivity contribution in [3.05, 3.63) is 0 Å². The highest BCUT2D eigenvalue weighted by Gasteiger charge is 2.27. The topological polar surface area (TPSA) is 25.8 Å². The Bertz CT molecular complexity index is 152. The minimum atomic E-state index is -6.00. The lowest BCUT2D eigenvalue weighted by Crippen LogP contribution is -2.91. The molecule has 0 aliphatic carbocycles. The highest BCUT2D eigenvalue weighted by atomic mass is 19.5. The van der Waals surface area contributed by atoms with Crippen molar-refractivity contribution in [1.82, 2.24) is 0 Å². The van der Waals surface area contributed by atoms with Crippen LogP contribution in [0, 0.1) is 0 Å². The van der Waals surface area contributed by atoms with Crippen LogP contribution >= 0.6 is 0 Å². The number of quaternary nitrogens is 1. The molecule has 2 nitrogen and oxygen atoms in total. The van der Waals surface area contributed by atoms with Gasteiger partial charge in [-0.05, 0) is 13.3 Å². The maximum Gasteiger partial charge on any atom is 0.673 e. The summed E-state index contributed by atoms with van der Waals surface area (Å²) in [6.45, 7) is 7.55. The molecule has 0 aromatic rings. The molecule has 0 aromatic heterocycles. The number of nitrogens with two attached hydrogens (primary N) is 1. The lowest BCUT2D eigenvalue weighted by Gasteiger charge is -2.30. The predicted octanol–water partition coefficient (Wildman–Crippen LogP) is 1.05. The highest BCUT2D eigenvalue weighted by Crippen LogP contribution is 2.12. The van der Waals surface area contributed by atoms with Crippen molar-refractivity contribution in [2.45, 2.75) is 25.9 Å². The third-order valence-electron chi connectivity index (χ3n) is 2.10. The number of halogens is 4. The summed E-state index contributed by atoms with van der Waals surface area (Å²) in [5.41, 5.74) is 0.165. The van der Waals surface area contributed by atoms with Gasteiger partial charge < -0.3 is 27.3 Å². The van der Waals surface area contributed by atoms with E-state index >= 15 is 0 Å². The molecule has 0 saturated carbocycles. The van der Waals surface area contributed by atoms with Gasteiger partial charge in [-0.15, -0.1) is 0 Å². The number of morpholine rings is 1. The van der Waals surface area contributed by atoms with E-state index in [4.69, 9.17) is 4.74 Å². The van der Waals surface area contributed by atoms with Gasteiger partial charge in [0.05, 0.1) is 13.2 Å². The van der Waals surface area contributed by atoms with Crippen LogP contribution in [0.1, 0.15) is 20.3 Å². The Morgan fingerprint density at radius 2 is 1.86 bits per heavy atom. The van der Waals surface area contributed by atoms with Crippen LogP contribution in [0.5, 0.6) is 0 Å². The monoisotopic (exact) mass is 217 g/mol. The molecule has 7 heteroatoms. The summed E-state index contributed by atoms with van der Waals surface area (Å²) in [4.78, 5) is 0. The SMILES string of the molecule is CCC1(C)C[NH2+]CCO1.F[B-](F)(F)F. The zero-order valence-corrected chi connectivity index (χ0v) is 8.40. The zero-order chi connectivity index (χ0) is 11.2. The van der Waals surface area contributed by atoms with Crippen LogP contribution in [0.4, 0.5) is 17.3 Å². The molecule has 1 fully saturated rings. The maximum atomic E-state index is 9.75. The van der Waals surface area contributed by atoms with Gasteiger partial charge in [0.1, 0.15) is 12.1 Å². The number of hydrogen-bond acceptors (Lipinski definition) is 1. The number of ether oxygens (including phenoxy) is 1. The molecule has 1 aliphatic heterocycles.